The van der Waals surface area contributed by atoms with Crippen LogP contribution in [0.5, 0.6) is 17.4 Å². The number of amides is 4. The van der Waals surface area contributed by atoms with Gasteiger partial charge in [-0.25, -0.2) is 23.2 Å². The maximum atomic E-state index is 14.4. The number of aromatic nitrogens is 1. The van der Waals surface area contributed by atoms with Crippen molar-refractivity contribution in [2.24, 2.45) is 21.7 Å². The first kappa shape index (κ1) is 38.0. The average Bonchev–Trinajstić information content (AvgIpc) is 4.01. The lowest BCUT2D eigenvalue weighted by molar-refractivity contribution is -0.141. The predicted molar refractivity (Wildman–Crippen MR) is 194 cm³/mol. The summed E-state index contributed by atoms with van der Waals surface area (Å²) in [6, 6.07) is 3.07. The molecule has 4 amide bonds. The van der Waals surface area contributed by atoms with Crippen molar-refractivity contribution in [3.63, 3.8) is 0 Å². The van der Waals surface area contributed by atoms with Crippen molar-refractivity contribution in [1.29, 1.82) is 0 Å². The number of carbonyl (C=O) groups excluding carboxylic acids is 4. The highest BCUT2D eigenvalue weighted by Gasteiger charge is 2.59. The van der Waals surface area contributed by atoms with Crippen molar-refractivity contribution < 1.29 is 46.5 Å². The molecule has 2 aliphatic carbocycles. The van der Waals surface area contributed by atoms with Crippen LogP contribution < -0.4 is 24.2 Å². The topological polar surface area (TPSA) is 192 Å². The number of nitrogens with one attached hydrogen (secondary N) is 2. The third-order valence-electron chi connectivity index (χ3n) is 9.68. The van der Waals surface area contributed by atoms with Crippen LogP contribution in [0.4, 0.5) is 4.79 Å². The zero-order valence-corrected chi connectivity index (χ0v) is 31.7. The molecule has 1 aromatic heterocycles. The van der Waals surface area contributed by atoms with E-state index >= 15 is 0 Å². The fraction of sp³-hybridized carbons (Fsp3) is 0.568. The Morgan fingerprint density at radius 1 is 1.08 bits per heavy atom. The Morgan fingerprint density at radius 2 is 1.79 bits per heavy atom. The van der Waals surface area contributed by atoms with Crippen molar-refractivity contribution in [3.8, 4) is 17.4 Å². The van der Waals surface area contributed by atoms with E-state index in [-0.39, 0.29) is 25.3 Å². The molecule has 0 radical (unpaired) electrons. The normalized spacial score (nSPS) is 24.7. The van der Waals surface area contributed by atoms with E-state index in [1.807, 2.05) is 0 Å². The van der Waals surface area contributed by atoms with E-state index in [9.17, 15) is 27.6 Å². The molecule has 0 unspecified atom stereocenters. The van der Waals surface area contributed by atoms with Gasteiger partial charge in [-0.3, -0.25) is 19.1 Å². The largest absolute Gasteiger partial charge is 0.486 e. The molecule has 15 nitrogen and oxygen atoms in total. The van der Waals surface area contributed by atoms with E-state index in [0.29, 0.717) is 42.9 Å². The Morgan fingerprint density at radius 3 is 2.43 bits per heavy atom. The molecule has 2 aromatic rings. The van der Waals surface area contributed by atoms with E-state index < -0.39 is 79.6 Å². The summed E-state index contributed by atoms with van der Waals surface area (Å²) >= 11 is 0. The van der Waals surface area contributed by atoms with Crippen LogP contribution in [0.1, 0.15) is 67.2 Å². The maximum absolute atomic E-state index is 14.4. The van der Waals surface area contributed by atoms with Gasteiger partial charge in [0.15, 0.2) is 11.5 Å². The van der Waals surface area contributed by atoms with Gasteiger partial charge in [0.2, 0.25) is 27.7 Å². The van der Waals surface area contributed by atoms with E-state index in [1.54, 1.807) is 65.9 Å². The van der Waals surface area contributed by atoms with Crippen molar-refractivity contribution in [2.45, 2.75) is 96.3 Å². The van der Waals surface area contributed by atoms with Crippen LogP contribution in [0.2, 0.25) is 0 Å². The van der Waals surface area contributed by atoms with E-state index in [4.69, 9.17) is 18.9 Å². The van der Waals surface area contributed by atoms with Gasteiger partial charge in [-0.05, 0) is 69.6 Å². The molecule has 0 spiro atoms. The Labute approximate surface area is 308 Å². The van der Waals surface area contributed by atoms with E-state index in [2.05, 4.69) is 26.6 Å². The quantitative estimate of drug-likeness (QED) is 0.266. The molecule has 53 heavy (non-hydrogen) atoms. The molecule has 1 saturated heterocycles. The molecule has 2 aliphatic heterocycles. The standard InChI is InChI=1S/C37H47N5O10S/c1-8-21-18-37(21,33(45)41-53(47,48)23-9-10-23)20-39-30(43)26-17-22(19-42(26)32(44)29(35(2,3)4)40-34(46)52-36(5,6)7)51-31-25-11-12-27-28(50-16-15-49-27)24(25)13-14-38-31/h8,11-14,20-23,26,29H,1,9-10,15-19H2,2-7H3,(H,40,46)(H,41,45)/t21-,22-,26+,29-,37-/m1/s1. The van der Waals surface area contributed by atoms with Crippen molar-refractivity contribution in [3.05, 3.63) is 37.1 Å². The van der Waals surface area contributed by atoms with Crippen LogP contribution >= 0.6 is 0 Å². The Bertz CT molecular complexity index is 1970. The maximum Gasteiger partial charge on any atom is 0.408 e. The molecule has 286 valence electrons. The summed E-state index contributed by atoms with van der Waals surface area (Å²) in [4.78, 5) is 64.7. The first-order valence-electron chi connectivity index (χ1n) is 17.7. The average molecular weight is 754 g/mol. The summed E-state index contributed by atoms with van der Waals surface area (Å²) in [6.07, 6.45) is 3.90. The first-order valence-corrected chi connectivity index (χ1v) is 19.3. The smallest absolute Gasteiger partial charge is 0.408 e. The minimum atomic E-state index is -3.85. The molecule has 5 atom stereocenters. The number of rotatable bonds is 10. The van der Waals surface area contributed by atoms with Gasteiger partial charge in [-0.1, -0.05) is 26.8 Å². The molecule has 16 heteroatoms. The first-order chi connectivity index (χ1) is 24.8. The van der Waals surface area contributed by atoms with E-state index in [1.165, 1.54) is 17.2 Å². The second-order valence-corrected chi connectivity index (χ2v) is 18.0. The monoisotopic (exact) mass is 753 g/mol. The highest BCUT2D eigenvalue weighted by molar-refractivity contribution is 7.91. The highest BCUT2D eigenvalue weighted by Crippen LogP contribution is 2.52. The minimum Gasteiger partial charge on any atom is -0.486 e. The number of hydrogen-bond donors (Lipinski definition) is 2. The number of hydrogen-bond acceptors (Lipinski definition) is 11. The lowest BCUT2D eigenvalue weighted by atomic mass is 9.85. The summed E-state index contributed by atoms with van der Waals surface area (Å²) in [5.41, 5.74) is -3.03. The Hall–Kier alpha value is -4.73. The molecule has 1 aromatic carbocycles. The number of benzene rings is 1. The predicted octanol–water partition coefficient (Wildman–Crippen LogP) is 3.69. The SMILES string of the molecule is C=C[C@@H]1C[C@]1(C=NC(=O)[C@@H]1C[C@@H](Oc2nccc3c4c(ccc23)OCCO4)CN1C(=O)[C@@H](NC(=O)OC(C)(C)C)C(C)(C)C)C(=O)NS(=O)(=O)C1CC1. The van der Waals surface area contributed by atoms with Crippen LogP contribution in [-0.4, -0.2) is 97.1 Å². The fourth-order valence-electron chi connectivity index (χ4n) is 6.61. The van der Waals surface area contributed by atoms with Gasteiger partial charge in [-0.2, -0.15) is 0 Å². The zero-order valence-electron chi connectivity index (χ0n) is 30.8. The summed E-state index contributed by atoms with van der Waals surface area (Å²) in [7, 11) is -3.85. The number of alkyl carbamates (subject to hydrolysis) is 1. The number of pyridine rings is 1. The second kappa shape index (κ2) is 13.9. The molecule has 6 rings (SSSR count). The summed E-state index contributed by atoms with van der Waals surface area (Å²) in [5.74, 6) is -1.11. The molecule has 4 aliphatic rings. The third-order valence-corrected chi connectivity index (χ3v) is 11.5. The van der Waals surface area contributed by atoms with Crippen LogP contribution in [0.15, 0.2) is 42.0 Å². The van der Waals surface area contributed by atoms with Gasteiger partial charge in [0.25, 0.3) is 5.91 Å². The third kappa shape index (κ3) is 8.11. The number of aliphatic imine (C=N–C) groups is 1. The number of allylic oxidation sites excluding steroid dienone is 1. The van der Waals surface area contributed by atoms with Crippen LogP contribution in [0.25, 0.3) is 10.8 Å². The van der Waals surface area contributed by atoms with Crippen LogP contribution in [0.3, 0.4) is 0 Å². The lowest BCUT2D eigenvalue weighted by Gasteiger charge is -2.35. The molecule has 0 bridgehead atoms. The number of sulfonamides is 1. The summed E-state index contributed by atoms with van der Waals surface area (Å²) in [6.45, 7) is 15.0. The lowest BCUT2D eigenvalue weighted by Crippen LogP contribution is -2.57. The summed E-state index contributed by atoms with van der Waals surface area (Å²) < 4.78 is 50.8. The van der Waals surface area contributed by atoms with Crippen LogP contribution in [0, 0.1) is 16.7 Å². The molecule has 2 saturated carbocycles. The number of nitrogens with zero attached hydrogens (tertiary/aromatic N) is 3. The van der Waals surface area contributed by atoms with Crippen LogP contribution in [-0.2, 0) is 29.1 Å². The van der Waals surface area contributed by atoms with Crippen molar-refractivity contribution in [1.82, 2.24) is 19.9 Å². The van der Waals surface area contributed by atoms with E-state index in [0.717, 1.165) is 5.39 Å². The van der Waals surface area contributed by atoms with Crippen molar-refractivity contribution >= 4 is 50.8 Å². The minimum absolute atomic E-state index is 0.00791. The van der Waals surface area contributed by atoms with Crippen molar-refractivity contribution in [2.75, 3.05) is 19.8 Å². The van der Waals surface area contributed by atoms with Gasteiger partial charge in [-0.15, -0.1) is 6.58 Å². The molecule has 2 N–H and O–H groups in total. The number of likely N-dealkylation sites (tertiary alicyclic amines) is 1. The number of carbonyl (C=O) groups is 4. The van der Waals surface area contributed by atoms with Gasteiger partial charge in [0.1, 0.15) is 37.0 Å². The highest BCUT2D eigenvalue weighted by atomic mass is 32.2. The Balaban J connectivity index is 1.29. The van der Waals surface area contributed by atoms with Gasteiger partial charge in [0, 0.05) is 29.6 Å². The Kier molecular flexibility index (Phi) is 9.98. The molecular weight excluding hydrogens is 706 g/mol. The summed E-state index contributed by atoms with van der Waals surface area (Å²) in [5, 5.41) is 3.44. The molecule has 3 fully saturated rings. The van der Waals surface area contributed by atoms with Gasteiger partial charge >= 0.3 is 6.09 Å². The second-order valence-electron chi connectivity index (χ2n) is 16.1. The molecular formula is C37H47N5O10S. The number of ether oxygens (including phenoxy) is 4. The van der Waals surface area contributed by atoms with Gasteiger partial charge in [0.05, 0.1) is 17.2 Å². The number of fused-ring (bicyclic) bond motifs is 3. The molecule has 3 heterocycles. The fourth-order valence-corrected chi connectivity index (χ4v) is 7.98. The van der Waals surface area contributed by atoms with Gasteiger partial charge < -0.3 is 29.2 Å². The zero-order chi connectivity index (χ0) is 38.5.